The summed E-state index contributed by atoms with van der Waals surface area (Å²) in [6, 6.07) is 0.700. The van der Waals surface area contributed by atoms with Crippen LogP contribution in [0.25, 0.3) is 0 Å². The van der Waals surface area contributed by atoms with E-state index in [2.05, 4.69) is 17.2 Å². The third kappa shape index (κ3) is 3.27. The first-order valence-corrected chi connectivity index (χ1v) is 5.51. The Labute approximate surface area is 85.8 Å². The highest BCUT2D eigenvalue weighted by atomic mass is 16.2. The molecule has 0 bridgehead atoms. The second kappa shape index (κ2) is 5.98. The Morgan fingerprint density at radius 2 is 2.14 bits per heavy atom. The maximum atomic E-state index is 11.0. The SMILES string of the molecule is CCN(CCC(=O)NN)C1CCCC1. The van der Waals surface area contributed by atoms with Crippen LogP contribution in [0.1, 0.15) is 39.0 Å². The Bertz CT molecular complexity index is 178. The van der Waals surface area contributed by atoms with Gasteiger partial charge in [0.2, 0.25) is 5.91 Å². The van der Waals surface area contributed by atoms with Crippen molar-refractivity contribution in [3.63, 3.8) is 0 Å². The molecule has 0 aromatic rings. The second-order valence-electron chi connectivity index (χ2n) is 3.88. The molecule has 82 valence electrons. The van der Waals surface area contributed by atoms with Gasteiger partial charge in [0.1, 0.15) is 0 Å². The molecule has 4 nitrogen and oxygen atoms in total. The maximum Gasteiger partial charge on any atom is 0.235 e. The van der Waals surface area contributed by atoms with Gasteiger partial charge in [-0.3, -0.25) is 10.2 Å². The molecule has 0 aromatic heterocycles. The molecular formula is C10H21N3O. The lowest BCUT2D eigenvalue weighted by atomic mass is 10.2. The molecule has 0 saturated heterocycles. The number of amides is 1. The number of nitrogens with one attached hydrogen (secondary N) is 1. The van der Waals surface area contributed by atoms with Gasteiger partial charge in [0.15, 0.2) is 0 Å². The number of rotatable bonds is 5. The van der Waals surface area contributed by atoms with Gasteiger partial charge in [-0.05, 0) is 19.4 Å². The van der Waals surface area contributed by atoms with Gasteiger partial charge >= 0.3 is 0 Å². The van der Waals surface area contributed by atoms with Crippen molar-refractivity contribution in [2.45, 2.75) is 45.1 Å². The average Bonchev–Trinajstić information content (AvgIpc) is 2.72. The number of hydrogen-bond donors (Lipinski definition) is 2. The Hall–Kier alpha value is -0.610. The van der Waals surface area contributed by atoms with Crippen LogP contribution in [0.3, 0.4) is 0 Å². The van der Waals surface area contributed by atoms with Crippen LogP contribution in [0.5, 0.6) is 0 Å². The van der Waals surface area contributed by atoms with Crippen molar-refractivity contribution in [3.05, 3.63) is 0 Å². The highest BCUT2D eigenvalue weighted by molar-refractivity contribution is 5.75. The summed E-state index contributed by atoms with van der Waals surface area (Å²) in [5, 5.41) is 0. The standard InChI is InChI=1S/C10H21N3O/c1-2-13(8-7-10(14)12-11)9-5-3-4-6-9/h9H,2-8,11H2,1H3,(H,12,14). The number of hydrogen-bond acceptors (Lipinski definition) is 3. The number of nitrogens with zero attached hydrogens (tertiary/aromatic N) is 1. The van der Waals surface area contributed by atoms with Crippen LogP contribution >= 0.6 is 0 Å². The molecule has 0 unspecified atom stereocenters. The normalized spacial score (nSPS) is 17.6. The third-order valence-electron chi connectivity index (χ3n) is 3.03. The van der Waals surface area contributed by atoms with Crippen molar-refractivity contribution < 1.29 is 4.79 Å². The molecular weight excluding hydrogens is 178 g/mol. The predicted octanol–water partition coefficient (Wildman–Crippen LogP) is 0.631. The van der Waals surface area contributed by atoms with E-state index >= 15 is 0 Å². The first-order chi connectivity index (χ1) is 6.77. The fourth-order valence-corrected chi connectivity index (χ4v) is 2.19. The second-order valence-corrected chi connectivity index (χ2v) is 3.88. The van der Waals surface area contributed by atoms with Crippen LogP contribution in [-0.2, 0) is 4.79 Å². The lowest BCUT2D eigenvalue weighted by molar-refractivity contribution is -0.121. The van der Waals surface area contributed by atoms with Crippen molar-refractivity contribution in [2.75, 3.05) is 13.1 Å². The molecule has 1 rings (SSSR count). The van der Waals surface area contributed by atoms with Crippen molar-refractivity contribution >= 4 is 5.91 Å². The molecule has 0 radical (unpaired) electrons. The van der Waals surface area contributed by atoms with Crippen LogP contribution in [0, 0.1) is 0 Å². The summed E-state index contributed by atoms with van der Waals surface area (Å²) in [6.07, 6.45) is 5.77. The monoisotopic (exact) mass is 199 g/mol. The van der Waals surface area contributed by atoms with Crippen molar-refractivity contribution in [1.82, 2.24) is 10.3 Å². The fourth-order valence-electron chi connectivity index (χ4n) is 2.19. The fraction of sp³-hybridized carbons (Fsp3) is 0.900. The molecule has 0 aromatic carbocycles. The number of hydrazine groups is 1. The van der Waals surface area contributed by atoms with Gasteiger partial charge < -0.3 is 4.90 Å². The van der Waals surface area contributed by atoms with Gasteiger partial charge in [0.05, 0.1) is 0 Å². The summed E-state index contributed by atoms with van der Waals surface area (Å²) in [5.41, 5.74) is 2.17. The summed E-state index contributed by atoms with van der Waals surface area (Å²) in [4.78, 5) is 13.4. The van der Waals surface area contributed by atoms with Crippen molar-refractivity contribution in [2.24, 2.45) is 5.84 Å². The molecule has 0 heterocycles. The molecule has 1 aliphatic carbocycles. The minimum Gasteiger partial charge on any atom is -0.300 e. The molecule has 4 heteroatoms. The van der Waals surface area contributed by atoms with E-state index in [-0.39, 0.29) is 5.91 Å². The summed E-state index contributed by atoms with van der Waals surface area (Å²) >= 11 is 0. The topological polar surface area (TPSA) is 58.4 Å². The minimum atomic E-state index is -0.0681. The summed E-state index contributed by atoms with van der Waals surface area (Å²) in [6.45, 7) is 4.02. The quantitative estimate of drug-likeness (QED) is 0.388. The van der Waals surface area contributed by atoms with Gasteiger partial charge in [-0.2, -0.15) is 0 Å². The summed E-state index contributed by atoms with van der Waals surface area (Å²) < 4.78 is 0. The molecule has 0 aliphatic heterocycles. The van der Waals surface area contributed by atoms with Gasteiger partial charge in [-0.25, -0.2) is 5.84 Å². The maximum absolute atomic E-state index is 11.0. The largest absolute Gasteiger partial charge is 0.300 e. The summed E-state index contributed by atoms with van der Waals surface area (Å²) in [5.74, 6) is 4.97. The van der Waals surface area contributed by atoms with Crippen LogP contribution in [-0.4, -0.2) is 29.9 Å². The van der Waals surface area contributed by atoms with E-state index in [1.807, 2.05) is 0 Å². The Morgan fingerprint density at radius 3 is 2.64 bits per heavy atom. The van der Waals surface area contributed by atoms with E-state index in [1.165, 1.54) is 25.7 Å². The molecule has 14 heavy (non-hydrogen) atoms. The van der Waals surface area contributed by atoms with E-state index in [0.717, 1.165) is 13.1 Å². The molecule has 1 amide bonds. The van der Waals surface area contributed by atoms with Gasteiger partial charge in [0, 0.05) is 19.0 Å². The van der Waals surface area contributed by atoms with Crippen LogP contribution in [0.15, 0.2) is 0 Å². The van der Waals surface area contributed by atoms with E-state index < -0.39 is 0 Å². The van der Waals surface area contributed by atoms with E-state index in [0.29, 0.717) is 12.5 Å². The highest BCUT2D eigenvalue weighted by Gasteiger charge is 2.21. The average molecular weight is 199 g/mol. The molecule has 0 atom stereocenters. The smallest absolute Gasteiger partial charge is 0.235 e. The molecule has 1 saturated carbocycles. The predicted molar refractivity (Wildman–Crippen MR) is 56.5 cm³/mol. The lowest BCUT2D eigenvalue weighted by Gasteiger charge is -2.26. The van der Waals surface area contributed by atoms with Crippen LogP contribution in [0.2, 0.25) is 0 Å². The van der Waals surface area contributed by atoms with Crippen LogP contribution < -0.4 is 11.3 Å². The third-order valence-corrected chi connectivity index (χ3v) is 3.03. The Kier molecular flexibility index (Phi) is 4.90. The van der Waals surface area contributed by atoms with E-state index in [1.54, 1.807) is 0 Å². The van der Waals surface area contributed by atoms with E-state index in [4.69, 9.17) is 5.84 Å². The van der Waals surface area contributed by atoms with Gasteiger partial charge in [-0.15, -0.1) is 0 Å². The zero-order valence-corrected chi connectivity index (χ0v) is 8.96. The van der Waals surface area contributed by atoms with Crippen molar-refractivity contribution in [3.8, 4) is 0 Å². The van der Waals surface area contributed by atoms with Gasteiger partial charge in [0.25, 0.3) is 0 Å². The Morgan fingerprint density at radius 1 is 1.50 bits per heavy atom. The number of carbonyl (C=O) groups excluding carboxylic acids is 1. The zero-order chi connectivity index (χ0) is 10.4. The molecule has 1 fully saturated rings. The lowest BCUT2D eigenvalue weighted by Crippen LogP contribution is -2.38. The zero-order valence-electron chi connectivity index (χ0n) is 8.96. The molecule has 0 spiro atoms. The number of carbonyl (C=O) groups is 1. The van der Waals surface area contributed by atoms with Crippen LogP contribution in [0.4, 0.5) is 0 Å². The minimum absolute atomic E-state index is 0.0681. The molecule has 3 N–H and O–H groups in total. The molecule has 1 aliphatic rings. The number of nitrogens with two attached hydrogens (primary N) is 1. The highest BCUT2D eigenvalue weighted by Crippen LogP contribution is 2.23. The first kappa shape index (κ1) is 11.5. The Balaban J connectivity index is 2.27. The van der Waals surface area contributed by atoms with E-state index in [9.17, 15) is 4.79 Å². The van der Waals surface area contributed by atoms with Crippen molar-refractivity contribution in [1.29, 1.82) is 0 Å². The first-order valence-electron chi connectivity index (χ1n) is 5.51. The summed E-state index contributed by atoms with van der Waals surface area (Å²) in [7, 11) is 0. The van der Waals surface area contributed by atoms with Gasteiger partial charge in [-0.1, -0.05) is 19.8 Å².